The summed E-state index contributed by atoms with van der Waals surface area (Å²) in [7, 11) is 4.21. The molecule has 0 bridgehead atoms. The highest BCUT2D eigenvalue weighted by atomic mass is 127. The number of amides is 1. The quantitative estimate of drug-likeness (QED) is 0.310. The van der Waals surface area contributed by atoms with Gasteiger partial charge in [-0.05, 0) is 54.6 Å². The Hall–Kier alpha value is -0.610. The molecule has 0 radical (unpaired) electrons. The number of nitrogens with zero attached hydrogens (tertiary/aromatic N) is 2. The maximum atomic E-state index is 11.9. The molecule has 7 nitrogen and oxygen atoms in total. The molecule has 1 saturated heterocycles. The lowest BCUT2D eigenvalue weighted by molar-refractivity contribution is -0.121. The zero-order valence-electron chi connectivity index (χ0n) is 16.6. The molecule has 1 heterocycles. The van der Waals surface area contributed by atoms with Crippen LogP contribution in [0, 0.1) is 0 Å². The summed E-state index contributed by atoms with van der Waals surface area (Å²) < 4.78 is 5.50. The lowest BCUT2D eigenvalue weighted by atomic mass is 9.88. The number of hydrogen-bond acceptors (Lipinski definition) is 4. The van der Waals surface area contributed by atoms with Gasteiger partial charge in [0.1, 0.15) is 6.54 Å². The second kappa shape index (κ2) is 11.2. The summed E-state index contributed by atoms with van der Waals surface area (Å²) in [5, 5.41) is 9.52. The number of aliphatic imine (C=N–C) groups is 1. The third-order valence-corrected chi connectivity index (χ3v) is 4.20. The Balaban J connectivity index is 0.00000576. The molecule has 8 heteroatoms. The van der Waals surface area contributed by atoms with Crippen LogP contribution in [0.1, 0.15) is 40.5 Å². The normalized spacial score (nSPS) is 17.6. The summed E-state index contributed by atoms with van der Waals surface area (Å²) in [6.45, 7) is 11.1. The Bertz CT molecular complexity index is 429. The summed E-state index contributed by atoms with van der Waals surface area (Å²) >= 11 is 0. The zero-order valence-corrected chi connectivity index (χ0v) is 18.9. The topological polar surface area (TPSA) is 78.0 Å². The number of carbonyl (C=O) groups is 1. The van der Waals surface area contributed by atoms with Crippen LogP contribution in [-0.2, 0) is 9.53 Å². The van der Waals surface area contributed by atoms with Crippen molar-refractivity contribution >= 4 is 35.8 Å². The average molecular weight is 469 g/mol. The molecule has 1 aliphatic rings. The largest absolute Gasteiger partial charge is 0.381 e. The Labute approximate surface area is 169 Å². The highest BCUT2D eigenvalue weighted by molar-refractivity contribution is 14.0. The number of nitrogens with one attached hydrogen (secondary N) is 3. The Morgan fingerprint density at radius 2 is 1.80 bits per heavy atom. The predicted molar refractivity (Wildman–Crippen MR) is 114 cm³/mol. The number of ether oxygens (including phenoxy) is 1. The lowest BCUT2D eigenvalue weighted by Crippen LogP contribution is -2.57. The van der Waals surface area contributed by atoms with Crippen LogP contribution in [0.3, 0.4) is 0 Å². The van der Waals surface area contributed by atoms with Gasteiger partial charge in [0.15, 0.2) is 5.96 Å². The van der Waals surface area contributed by atoms with Crippen LogP contribution in [0.4, 0.5) is 0 Å². The van der Waals surface area contributed by atoms with Crippen molar-refractivity contribution in [3.8, 4) is 0 Å². The number of halogens is 1. The molecular weight excluding hydrogens is 433 g/mol. The van der Waals surface area contributed by atoms with Crippen LogP contribution in [0.25, 0.3) is 0 Å². The SMILES string of the molecule is CCNC(=NCC(=O)NC(C)(C)C)NCC1(N(C)C)CCOCC1.I. The molecule has 0 aromatic carbocycles. The van der Waals surface area contributed by atoms with E-state index in [2.05, 4.69) is 39.9 Å². The molecule has 25 heavy (non-hydrogen) atoms. The number of carbonyl (C=O) groups excluding carboxylic acids is 1. The fourth-order valence-electron chi connectivity index (χ4n) is 2.73. The minimum Gasteiger partial charge on any atom is -0.381 e. The molecule has 1 rings (SSSR count). The van der Waals surface area contributed by atoms with Gasteiger partial charge < -0.3 is 25.6 Å². The third-order valence-electron chi connectivity index (χ3n) is 4.20. The fourth-order valence-corrected chi connectivity index (χ4v) is 2.73. The van der Waals surface area contributed by atoms with Gasteiger partial charge in [-0.1, -0.05) is 0 Å². The number of guanidine groups is 1. The Morgan fingerprint density at radius 1 is 1.20 bits per heavy atom. The minimum atomic E-state index is -0.241. The van der Waals surface area contributed by atoms with E-state index in [4.69, 9.17) is 4.74 Å². The van der Waals surface area contributed by atoms with Gasteiger partial charge in [-0.15, -0.1) is 24.0 Å². The molecule has 0 aromatic heterocycles. The van der Waals surface area contributed by atoms with Gasteiger partial charge in [-0.25, -0.2) is 4.99 Å². The molecule has 0 saturated carbocycles. The van der Waals surface area contributed by atoms with Crippen molar-refractivity contribution in [2.75, 3.05) is 46.9 Å². The van der Waals surface area contributed by atoms with Crippen LogP contribution in [0.2, 0.25) is 0 Å². The van der Waals surface area contributed by atoms with E-state index < -0.39 is 0 Å². The summed E-state index contributed by atoms with van der Waals surface area (Å²) in [5.74, 6) is 0.599. The van der Waals surface area contributed by atoms with Crippen LogP contribution in [0.15, 0.2) is 4.99 Å². The third kappa shape index (κ3) is 9.05. The summed E-state index contributed by atoms with van der Waals surface area (Å²) in [5.41, 5.74) is -0.183. The number of rotatable bonds is 6. The van der Waals surface area contributed by atoms with Crippen molar-refractivity contribution in [3.05, 3.63) is 0 Å². The Morgan fingerprint density at radius 3 is 2.28 bits per heavy atom. The second-order valence-electron chi connectivity index (χ2n) is 7.58. The van der Waals surface area contributed by atoms with E-state index in [0.717, 1.165) is 39.1 Å². The molecule has 148 valence electrons. The first-order valence-electron chi connectivity index (χ1n) is 8.77. The van der Waals surface area contributed by atoms with Gasteiger partial charge in [0.25, 0.3) is 0 Å². The summed E-state index contributed by atoms with van der Waals surface area (Å²) in [6, 6.07) is 0. The molecule has 0 unspecified atom stereocenters. The second-order valence-corrected chi connectivity index (χ2v) is 7.58. The van der Waals surface area contributed by atoms with Gasteiger partial charge in [-0.3, -0.25) is 4.79 Å². The van der Waals surface area contributed by atoms with Crippen LogP contribution < -0.4 is 16.0 Å². The van der Waals surface area contributed by atoms with Crippen LogP contribution in [-0.4, -0.2) is 74.8 Å². The molecule has 1 fully saturated rings. The first kappa shape index (κ1) is 24.4. The molecule has 0 spiro atoms. The van der Waals surface area contributed by atoms with Gasteiger partial charge in [0.05, 0.1) is 0 Å². The highest BCUT2D eigenvalue weighted by Crippen LogP contribution is 2.24. The molecular formula is C17H36IN5O2. The fraction of sp³-hybridized carbons (Fsp3) is 0.882. The van der Waals surface area contributed by atoms with Crippen molar-refractivity contribution in [1.29, 1.82) is 0 Å². The first-order chi connectivity index (χ1) is 11.2. The molecule has 3 N–H and O–H groups in total. The van der Waals surface area contributed by atoms with E-state index in [1.807, 2.05) is 27.7 Å². The number of hydrogen-bond donors (Lipinski definition) is 3. The van der Waals surface area contributed by atoms with E-state index >= 15 is 0 Å². The zero-order chi connectivity index (χ0) is 18.2. The van der Waals surface area contributed by atoms with Crippen molar-refractivity contribution in [2.24, 2.45) is 4.99 Å². The summed E-state index contributed by atoms with van der Waals surface area (Å²) in [6.07, 6.45) is 1.97. The van der Waals surface area contributed by atoms with E-state index in [1.165, 1.54) is 0 Å². The molecule has 0 atom stereocenters. The average Bonchev–Trinajstić information content (AvgIpc) is 2.49. The maximum Gasteiger partial charge on any atom is 0.242 e. The monoisotopic (exact) mass is 469 g/mol. The molecule has 0 aromatic rings. The standard InChI is InChI=1S/C17H35N5O2.HI/c1-7-18-15(19-12-14(23)21-16(2,3)4)20-13-17(22(5)6)8-10-24-11-9-17;/h7-13H2,1-6H3,(H,21,23)(H2,18,19,20);1H. The van der Waals surface area contributed by atoms with Gasteiger partial charge in [0, 0.05) is 37.4 Å². The smallest absolute Gasteiger partial charge is 0.242 e. The van der Waals surface area contributed by atoms with Gasteiger partial charge in [-0.2, -0.15) is 0 Å². The van der Waals surface area contributed by atoms with Gasteiger partial charge in [0.2, 0.25) is 5.91 Å². The van der Waals surface area contributed by atoms with E-state index in [0.29, 0.717) is 5.96 Å². The maximum absolute atomic E-state index is 11.9. The molecule has 1 aliphatic heterocycles. The Kier molecular flexibility index (Phi) is 10.9. The first-order valence-corrected chi connectivity index (χ1v) is 8.77. The lowest BCUT2D eigenvalue weighted by Gasteiger charge is -2.43. The number of likely N-dealkylation sites (N-methyl/N-ethyl adjacent to an activating group) is 1. The highest BCUT2D eigenvalue weighted by Gasteiger charge is 2.34. The molecule has 1 amide bonds. The minimum absolute atomic E-state index is 0. The van der Waals surface area contributed by atoms with E-state index in [9.17, 15) is 4.79 Å². The van der Waals surface area contributed by atoms with Crippen molar-refractivity contribution in [2.45, 2.75) is 51.6 Å². The van der Waals surface area contributed by atoms with Gasteiger partial charge >= 0.3 is 0 Å². The van der Waals surface area contributed by atoms with Crippen molar-refractivity contribution < 1.29 is 9.53 Å². The summed E-state index contributed by atoms with van der Waals surface area (Å²) in [4.78, 5) is 18.6. The van der Waals surface area contributed by atoms with Crippen molar-refractivity contribution in [3.63, 3.8) is 0 Å². The van der Waals surface area contributed by atoms with Crippen molar-refractivity contribution in [1.82, 2.24) is 20.9 Å². The van der Waals surface area contributed by atoms with Crippen LogP contribution in [0.5, 0.6) is 0 Å². The van der Waals surface area contributed by atoms with E-state index in [-0.39, 0.29) is 47.5 Å². The predicted octanol–water partition coefficient (Wildman–Crippen LogP) is 1.19. The van der Waals surface area contributed by atoms with E-state index in [1.54, 1.807) is 0 Å². The molecule has 0 aliphatic carbocycles. The van der Waals surface area contributed by atoms with Crippen LogP contribution >= 0.6 is 24.0 Å².